The predicted octanol–water partition coefficient (Wildman–Crippen LogP) is 2.64. The molecule has 1 saturated carbocycles. The molecule has 1 aromatic heterocycles. The van der Waals surface area contributed by atoms with Crippen LogP contribution >= 0.6 is 0 Å². The third kappa shape index (κ3) is 5.66. The van der Waals surface area contributed by atoms with Gasteiger partial charge >= 0.3 is 5.97 Å². The molecular weight excluding hydrogens is 292 g/mol. The van der Waals surface area contributed by atoms with Crippen molar-refractivity contribution < 1.29 is 14.3 Å². The summed E-state index contributed by atoms with van der Waals surface area (Å²) in [7, 11) is 1.38. The molecule has 0 radical (unpaired) electrons. The van der Waals surface area contributed by atoms with Crippen molar-refractivity contribution in [2.75, 3.05) is 7.11 Å². The number of carbonyl (C=O) groups excluding carboxylic acids is 2. The summed E-state index contributed by atoms with van der Waals surface area (Å²) < 4.78 is 4.93. The fraction of sp³-hybridized carbons (Fsp3) is 0.611. The number of rotatable bonds is 5. The Kier molecular flexibility index (Phi) is 7.04. The van der Waals surface area contributed by atoms with Gasteiger partial charge in [0.25, 0.3) is 0 Å². The summed E-state index contributed by atoms with van der Waals surface area (Å²) in [6, 6.07) is 3.08. The van der Waals surface area contributed by atoms with Crippen molar-refractivity contribution in [3.63, 3.8) is 0 Å². The van der Waals surface area contributed by atoms with Gasteiger partial charge in [0.1, 0.15) is 6.04 Å². The van der Waals surface area contributed by atoms with Crippen molar-refractivity contribution in [2.24, 2.45) is 5.92 Å². The molecule has 23 heavy (non-hydrogen) atoms. The number of methoxy groups -OCH3 is 1. The molecule has 0 spiro atoms. The van der Waals surface area contributed by atoms with Gasteiger partial charge in [-0.05, 0) is 36.5 Å². The maximum absolute atomic E-state index is 12.3. The van der Waals surface area contributed by atoms with E-state index < -0.39 is 6.04 Å². The smallest absolute Gasteiger partial charge is 0.328 e. The van der Waals surface area contributed by atoms with Crippen LogP contribution in [0.4, 0.5) is 0 Å². The zero-order valence-electron chi connectivity index (χ0n) is 13.8. The highest BCUT2D eigenvalue weighted by Crippen LogP contribution is 2.25. The zero-order valence-corrected chi connectivity index (χ0v) is 13.8. The standard InChI is InChI=1S/C18H26N2O3/c1-23-18(22)17(15-7-5-3-2-4-6-8-15)20-16(21)13-14-9-11-19-12-10-14/h9-12,15,17H,2-8,13H2,1H3,(H,20,21). The minimum atomic E-state index is -0.535. The summed E-state index contributed by atoms with van der Waals surface area (Å²) in [5.41, 5.74) is 0.888. The molecule has 1 N–H and O–H groups in total. The molecular formula is C18H26N2O3. The minimum Gasteiger partial charge on any atom is -0.467 e. The molecule has 126 valence electrons. The van der Waals surface area contributed by atoms with E-state index in [-0.39, 0.29) is 24.2 Å². The second-order valence-electron chi connectivity index (χ2n) is 6.21. The molecule has 1 amide bonds. The van der Waals surface area contributed by atoms with Crippen LogP contribution in [-0.2, 0) is 20.7 Å². The van der Waals surface area contributed by atoms with E-state index in [1.807, 2.05) is 12.1 Å². The van der Waals surface area contributed by atoms with Crippen LogP contribution in [0.5, 0.6) is 0 Å². The van der Waals surface area contributed by atoms with Gasteiger partial charge in [-0.15, -0.1) is 0 Å². The Hall–Kier alpha value is -1.91. The van der Waals surface area contributed by atoms with E-state index in [2.05, 4.69) is 10.3 Å². The first-order valence-electron chi connectivity index (χ1n) is 8.47. The lowest BCUT2D eigenvalue weighted by atomic mass is 9.85. The number of esters is 1. The molecule has 1 fully saturated rings. The first kappa shape index (κ1) is 17.4. The number of ether oxygens (including phenoxy) is 1. The molecule has 1 unspecified atom stereocenters. The molecule has 2 rings (SSSR count). The van der Waals surface area contributed by atoms with E-state index in [1.165, 1.54) is 26.4 Å². The van der Waals surface area contributed by atoms with Gasteiger partial charge in [0.05, 0.1) is 13.5 Å². The largest absolute Gasteiger partial charge is 0.467 e. The topological polar surface area (TPSA) is 68.3 Å². The van der Waals surface area contributed by atoms with Crippen molar-refractivity contribution in [3.8, 4) is 0 Å². The van der Waals surface area contributed by atoms with Gasteiger partial charge in [-0.1, -0.05) is 32.1 Å². The Bertz CT molecular complexity index is 496. The highest BCUT2D eigenvalue weighted by atomic mass is 16.5. The Labute approximate surface area is 137 Å². The SMILES string of the molecule is COC(=O)C(NC(=O)Cc1ccncc1)C1CCCCCCC1. The van der Waals surface area contributed by atoms with E-state index in [0.29, 0.717) is 0 Å². The Morgan fingerprint density at radius 2 is 1.78 bits per heavy atom. The van der Waals surface area contributed by atoms with E-state index in [0.717, 1.165) is 31.2 Å². The third-order valence-electron chi connectivity index (χ3n) is 4.51. The summed E-state index contributed by atoms with van der Waals surface area (Å²) in [5, 5.41) is 2.90. The second-order valence-corrected chi connectivity index (χ2v) is 6.21. The number of aromatic nitrogens is 1. The quantitative estimate of drug-likeness (QED) is 0.848. The monoisotopic (exact) mass is 318 g/mol. The molecule has 1 atom stereocenters. The predicted molar refractivity (Wildman–Crippen MR) is 87.7 cm³/mol. The van der Waals surface area contributed by atoms with Crippen molar-refractivity contribution in [1.82, 2.24) is 10.3 Å². The minimum absolute atomic E-state index is 0.145. The Morgan fingerprint density at radius 3 is 2.39 bits per heavy atom. The van der Waals surface area contributed by atoms with Crippen LogP contribution in [0.15, 0.2) is 24.5 Å². The van der Waals surface area contributed by atoms with Gasteiger partial charge in [0.2, 0.25) is 5.91 Å². The fourth-order valence-electron chi connectivity index (χ4n) is 3.23. The van der Waals surface area contributed by atoms with Crippen molar-refractivity contribution in [3.05, 3.63) is 30.1 Å². The van der Waals surface area contributed by atoms with Crippen LogP contribution in [0.1, 0.15) is 50.5 Å². The molecule has 1 aliphatic carbocycles. The number of carbonyl (C=O) groups is 2. The fourth-order valence-corrected chi connectivity index (χ4v) is 3.23. The third-order valence-corrected chi connectivity index (χ3v) is 4.51. The molecule has 1 aliphatic rings. The zero-order chi connectivity index (χ0) is 16.5. The van der Waals surface area contributed by atoms with Gasteiger partial charge in [-0.2, -0.15) is 0 Å². The first-order chi connectivity index (χ1) is 11.2. The number of pyridine rings is 1. The number of hydrogen-bond donors (Lipinski definition) is 1. The van der Waals surface area contributed by atoms with E-state index in [4.69, 9.17) is 4.74 Å². The highest BCUT2D eigenvalue weighted by Gasteiger charge is 2.30. The van der Waals surface area contributed by atoms with E-state index in [9.17, 15) is 9.59 Å². The van der Waals surface area contributed by atoms with Gasteiger partial charge in [-0.3, -0.25) is 9.78 Å². The Morgan fingerprint density at radius 1 is 1.17 bits per heavy atom. The summed E-state index contributed by atoms with van der Waals surface area (Å²) in [4.78, 5) is 28.4. The van der Waals surface area contributed by atoms with Crippen molar-refractivity contribution in [2.45, 2.75) is 57.4 Å². The number of nitrogens with one attached hydrogen (secondary N) is 1. The molecule has 1 aromatic rings. The van der Waals surface area contributed by atoms with Gasteiger partial charge in [-0.25, -0.2) is 4.79 Å². The Balaban J connectivity index is 1.99. The normalized spacial score (nSPS) is 17.6. The second kappa shape index (κ2) is 9.28. The average Bonchev–Trinajstić information content (AvgIpc) is 2.53. The van der Waals surface area contributed by atoms with Crippen LogP contribution in [0.3, 0.4) is 0 Å². The lowest BCUT2D eigenvalue weighted by Gasteiger charge is -2.27. The summed E-state index contributed by atoms with van der Waals surface area (Å²) in [6.07, 6.45) is 11.4. The number of amides is 1. The molecule has 0 aromatic carbocycles. The average molecular weight is 318 g/mol. The number of hydrogen-bond acceptors (Lipinski definition) is 4. The maximum Gasteiger partial charge on any atom is 0.328 e. The van der Waals surface area contributed by atoms with Crippen molar-refractivity contribution in [1.29, 1.82) is 0 Å². The van der Waals surface area contributed by atoms with Gasteiger partial charge in [0, 0.05) is 12.4 Å². The van der Waals surface area contributed by atoms with Crippen LogP contribution in [0.25, 0.3) is 0 Å². The number of nitrogens with zero attached hydrogens (tertiary/aromatic N) is 1. The first-order valence-corrected chi connectivity index (χ1v) is 8.47. The molecule has 0 saturated heterocycles. The van der Waals surface area contributed by atoms with Gasteiger partial charge < -0.3 is 10.1 Å². The summed E-state index contributed by atoms with van der Waals surface area (Å²) in [5.74, 6) is -0.309. The van der Waals surface area contributed by atoms with Gasteiger partial charge in [0.15, 0.2) is 0 Å². The molecule has 5 heteroatoms. The van der Waals surface area contributed by atoms with Crippen LogP contribution in [-0.4, -0.2) is 30.0 Å². The maximum atomic E-state index is 12.3. The molecule has 0 aliphatic heterocycles. The highest BCUT2D eigenvalue weighted by molar-refractivity contribution is 5.85. The summed E-state index contributed by atoms with van der Waals surface area (Å²) in [6.45, 7) is 0. The van der Waals surface area contributed by atoms with Crippen LogP contribution in [0, 0.1) is 5.92 Å². The molecule has 0 bridgehead atoms. The summed E-state index contributed by atoms with van der Waals surface area (Å²) >= 11 is 0. The van der Waals surface area contributed by atoms with E-state index in [1.54, 1.807) is 12.4 Å². The van der Waals surface area contributed by atoms with E-state index >= 15 is 0 Å². The van der Waals surface area contributed by atoms with Crippen molar-refractivity contribution >= 4 is 11.9 Å². The lowest BCUT2D eigenvalue weighted by Crippen LogP contribution is -2.47. The molecule has 1 heterocycles. The van der Waals surface area contributed by atoms with Crippen LogP contribution < -0.4 is 5.32 Å². The lowest BCUT2D eigenvalue weighted by molar-refractivity contribution is -0.147. The van der Waals surface area contributed by atoms with Crippen LogP contribution in [0.2, 0.25) is 0 Å². The molecule has 5 nitrogen and oxygen atoms in total.